The summed E-state index contributed by atoms with van der Waals surface area (Å²) >= 11 is 6.08. The molecule has 0 radical (unpaired) electrons. The molecule has 0 bridgehead atoms. The van der Waals surface area contributed by atoms with Crippen molar-refractivity contribution < 1.29 is 4.79 Å². The number of hydrogen-bond acceptors (Lipinski definition) is 2. The van der Waals surface area contributed by atoms with Gasteiger partial charge in [-0.05, 0) is 56.8 Å². The summed E-state index contributed by atoms with van der Waals surface area (Å²) < 4.78 is 0. The number of hydrogen-bond donors (Lipinski definition) is 2. The third-order valence-electron chi connectivity index (χ3n) is 4.00. The van der Waals surface area contributed by atoms with E-state index in [4.69, 9.17) is 17.3 Å². The minimum absolute atomic E-state index is 0.0735. The number of halogens is 1. The number of carbonyl (C=O) groups is 1. The monoisotopic (exact) mass is 295 g/mol. The van der Waals surface area contributed by atoms with Gasteiger partial charge in [0.15, 0.2) is 0 Å². The van der Waals surface area contributed by atoms with Crippen LogP contribution in [0.3, 0.4) is 0 Å². The Morgan fingerprint density at radius 2 is 2.25 bits per heavy atom. The van der Waals surface area contributed by atoms with Crippen LogP contribution in [0.15, 0.2) is 18.2 Å². The van der Waals surface area contributed by atoms with Crippen molar-refractivity contribution in [2.75, 3.05) is 18.4 Å². The van der Waals surface area contributed by atoms with Gasteiger partial charge in [-0.15, -0.1) is 0 Å². The van der Waals surface area contributed by atoms with Crippen molar-refractivity contribution in [1.82, 2.24) is 4.90 Å². The molecule has 0 saturated carbocycles. The average molecular weight is 296 g/mol. The molecule has 2 atom stereocenters. The molecule has 0 spiro atoms. The van der Waals surface area contributed by atoms with E-state index in [9.17, 15) is 4.79 Å². The van der Waals surface area contributed by atoms with Crippen LogP contribution in [0, 0.1) is 12.8 Å². The molecular weight excluding hydrogens is 274 g/mol. The van der Waals surface area contributed by atoms with Gasteiger partial charge >= 0.3 is 6.03 Å². The van der Waals surface area contributed by atoms with Crippen LogP contribution in [-0.4, -0.2) is 30.1 Å². The number of carbonyl (C=O) groups excluding carboxylic acids is 1. The van der Waals surface area contributed by atoms with Crippen LogP contribution in [0.1, 0.15) is 25.3 Å². The van der Waals surface area contributed by atoms with E-state index in [1.54, 1.807) is 6.07 Å². The molecule has 3 N–H and O–H groups in total. The Kier molecular flexibility index (Phi) is 4.89. The van der Waals surface area contributed by atoms with E-state index in [2.05, 4.69) is 12.2 Å². The van der Waals surface area contributed by atoms with Gasteiger partial charge in [0.25, 0.3) is 0 Å². The van der Waals surface area contributed by atoms with Crippen molar-refractivity contribution >= 4 is 23.3 Å². The summed E-state index contributed by atoms with van der Waals surface area (Å²) in [6.45, 7) is 5.37. The SMILES string of the molecule is Cc1ccc(NC(=O)N2CC(CN)CCC2C)cc1Cl. The lowest BCUT2D eigenvalue weighted by Crippen LogP contribution is -2.48. The van der Waals surface area contributed by atoms with Gasteiger partial charge in [-0.2, -0.15) is 0 Å². The zero-order valence-corrected chi connectivity index (χ0v) is 12.8. The Labute approximate surface area is 125 Å². The van der Waals surface area contributed by atoms with Crippen molar-refractivity contribution in [3.63, 3.8) is 0 Å². The van der Waals surface area contributed by atoms with E-state index in [1.165, 1.54) is 0 Å². The maximum atomic E-state index is 12.4. The van der Waals surface area contributed by atoms with Crippen LogP contribution in [0.5, 0.6) is 0 Å². The minimum Gasteiger partial charge on any atom is -0.330 e. The predicted octanol–water partition coefficient (Wildman–Crippen LogP) is 3.24. The highest BCUT2D eigenvalue weighted by atomic mass is 35.5. The molecule has 2 amide bonds. The van der Waals surface area contributed by atoms with E-state index in [1.807, 2.05) is 24.0 Å². The van der Waals surface area contributed by atoms with Gasteiger partial charge in [0.1, 0.15) is 0 Å². The van der Waals surface area contributed by atoms with Crippen molar-refractivity contribution in [3.8, 4) is 0 Å². The fraction of sp³-hybridized carbons (Fsp3) is 0.533. The molecule has 110 valence electrons. The summed E-state index contributed by atoms with van der Waals surface area (Å²) in [6.07, 6.45) is 2.10. The zero-order chi connectivity index (χ0) is 14.7. The van der Waals surface area contributed by atoms with E-state index >= 15 is 0 Å². The lowest BCUT2D eigenvalue weighted by atomic mass is 9.94. The highest BCUT2D eigenvalue weighted by molar-refractivity contribution is 6.31. The first-order valence-corrected chi connectivity index (χ1v) is 7.43. The molecule has 1 fully saturated rings. The number of aryl methyl sites for hydroxylation is 1. The fourth-order valence-corrected chi connectivity index (χ4v) is 2.70. The second kappa shape index (κ2) is 6.46. The summed E-state index contributed by atoms with van der Waals surface area (Å²) in [4.78, 5) is 14.2. The van der Waals surface area contributed by atoms with Gasteiger partial charge < -0.3 is 16.0 Å². The third kappa shape index (κ3) is 3.44. The molecule has 1 aromatic rings. The molecule has 5 heteroatoms. The standard InChI is InChI=1S/C15H22ClN3O/c1-10-3-6-13(7-14(10)16)18-15(20)19-9-12(8-17)5-4-11(19)2/h3,6-7,11-12H,4-5,8-9,17H2,1-2H3,(H,18,20). The van der Waals surface area contributed by atoms with Gasteiger partial charge in [0.2, 0.25) is 0 Å². The zero-order valence-electron chi connectivity index (χ0n) is 12.0. The van der Waals surface area contributed by atoms with E-state index in [0.29, 0.717) is 17.5 Å². The molecule has 2 rings (SSSR count). The molecule has 1 aromatic carbocycles. The minimum atomic E-state index is -0.0735. The lowest BCUT2D eigenvalue weighted by Gasteiger charge is -2.37. The number of rotatable bonds is 2. The van der Waals surface area contributed by atoms with Crippen molar-refractivity contribution in [2.24, 2.45) is 11.7 Å². The molecule has 4 nitrogen and oxygen atoms in total. The Morgan fingerprint density at radius 1 is 1.50 bits per heavy atom. The number of anilines is 1. The normalized spacial score (nSPS) is 22.7. The number of urea groups is 1. The maximum absolute atomic E-state index is 12.4. The smallest absolute Gasteiger partial charge is 0.322 e. The topological polar surface area (TPSA) is 58.4 Å². The fourth-order valence-electron chi connectivity index (χ4n) is 2.52. The first-order valence-electron chi connectivity index (χ1n) is 7.05. The summed E-state index contributed by atoms with van der Waals surface area (Å²) in [5.41, 5.74) is 7.45. The molecule has 1 aliphatic heterocycles. The number of nitrogens with two attached hydrogens (primary N) is 1. The Bertz CT molecular complexity index is 492. The lowest BCUT2D eigenvalue weighted by molar-refractivity contribution is 0.144. The maximum Gasteiger partial charge on any atom is 0.322 e. The predicted molar refractivity (Wildman–Crippen MR) is 83.2 cm³/mol. The highest BCUT2D eigenvalue weighted by Gasteiger charge is 2.28. The van der Waals surface area contributed by atoms with Gasteiger partial charge in [0, 0.05) is 23.3 Å². The van der Waals surface area contributed by atoms with Crippen LogP contribution < -0.4 is 11.1 Å². The first kappa shape index (κ1) is 15.1. The third-order valence-corrected chi connectivity index (χ3v) is 4.40. The molecule has 2 unspecified atom stereocenters. The first-order chi connectivity index (χ1) is 9.51. The van der Waals surface area contributed by atoms with E-state index in [0.717, 1.165) is 30.6 Å². The van der Waals surface area contributed by atoms with Gasteiger partial charge in [0.05, 0.1) is 0 Å². The van der Waals surface area contributed by atoms with Crippen molar-refractivity contribution in [3.05, 3.63) is 28.8 Å². The largest absolute Gasteiger partial charge is 0.330 e. The second-order valence-electron chi connectivity index (χ2n) is 5.57. The second-order valence-corrected chi connectivity index (χ2v) is 5.98. The number of amides is 2. The average Bonchev–Trinajstić information content (AvgIpc) is 2.43. The Morgan fingerprint density at radius 3 is 2.90 bits per heavy atom. The molecule has 1 aliphatic rings. The number of nitrogens with zero attached hydrogens (tertiary/aromatic N) is 1. The van der Waals surface area contributed by atoms with Crippen molar-refractivity contribution in [1.29, 1.82) is 0 Å². The summed E-state index contributed by atoms with van der Waals surface area (Å²) in [6, 6.07) is 5.73. The molecule has 20 heavy (non-hydrogen) atoms. The number of piperidine rings is 1. The van der Waals surface area contributed by atoms with Crippen LogP contribution in [0.4, 0.5) is 10.5 Å². The highest BCUT2D eigenvalue weighted by Crippen LogP contribution is 2.24. The number of benzene rings is 1. The summed E-state index contributed by atoms with van der Waals surface area (Å²) in [5.74, 6) is 0.401. The Hall–Kier alpha value is -1.26. The molecule has 1 saturated heterocycles. The summed E-state index contributed by atoms with van der Waals surface area (Å²) in [7, 11) is 0. The molecular formula is C15H22ClN3O. The molecule has 1 heterocycles. The Balaban J connectivity index is 2.04. The van der Waals surface area contributed by atoms with Gasteiger partial charge in [-0.1, -0.05) is 17.7 Å². The van der Waals surface area contributed by atoms with Crippen LogP contribution >= 0.6 is 11.6 Å². The quantitative estimate of drug-likeness (QED) is 0.880. The molecule has 0 aliphatic carbocycles. The van der Waals surface area contributed by atoms with E-state index in [-0.39, 0.29) is 12.1 Å². The number of likely N-dealkylation sites (tertiary alicyclic amines) is 1. The van der Waals surface area contributed by atoms with Crippen molar-refractivity contribution in [2.45, 2.75) is 32.7 Å². The van der Waals surface area contributed by atoms with E-state index < -0.39 is 0 Å². The van der Waals surface area contributed by atoms with Gasteiger partial charge in [-0.25, -0.2) is 4.79 Å². The summed E-state index contributed by atoms with van der Waals surface area (Å²) in [5, 5.41) is 3.58. The van der Waals surface area contributed by atoms with Crippen LogP contribution in [0.2, 0.25) is 5.02 Å². The molecule has 0 aromatic heterocycles. The number of nitrogens with one attached hydrogen (secondary N) is 1. The van der Waals surface area contributed by atoms with Crippen LogP contribution in [0.25, 0.3) is 0 Å². The van der Waals surface area contributed by atoms with Gasteiger partial charge in [-0.3, -0.25) is 0 Å². The van der Waals surface area contributed by atoms with Crippen LogP contribution in [-0.2, 0) is 0 Å².